The van der Waals surface area contributed by atoms with Gasteiger partial charge in [-0.05, 0) is 49.1 Å². The molecule has 3 N–H and O–H groups in total. The van der Waals surface area contributed by atoms with E-state index < -0.39 is 0 Å². The number of rotatable bonds is 6. The molecule has 1 aliphatic heterocycles. The molecule has 144 valence electrons. The van der Waals surface area contributed by atoms with Gasteiger partial charge in [-0.25, -0.2) is 0 Å². The summed E-state index contributed by atoms with van der Waals surface area (Å²) in [7, 11) is 1.64. The van der Waals surface area contributed by atoms with Crippen molar-refractivity contribution < 1.29 is 14.3 Å². The van der Waals surface area contributed by atoms with E-state index in [1.54, 1.807) is 7.11 Å². The number of nitrogens with two attached hydrogens (primary N) is 1. The number of benzene rings is 1. The lowest BCUT2D eigenvalue weighted by Crippen LogP contribution is -2.46. The predicted molar refractivity (Wildman–Crippen MR) is 107 cm³/mol. The molecule has 7 heteroatoms. The van der Waals surface area contributed by atoms with Crippen LogP contribution in [0.1, 0.15) is 27.4 Å². The minimum atomic E-state index is -0.308. The Morgan fingerprint density at radius 1 is 1.26 bits per heavy atom. The van der Waals surface area contributed by atoms with E-state index in [1.807, 2.05) is 42.2 Å². The van der Waals surface area contributed by atoms with E-state index in [4.69, 9.17) is 10.5 Å². The van der Waals surface area contributed by atoms with E-state index in [9.17, 15) is 9.59 Å². The number of carbonyl (C=O) groups excluding carboxylic acids is 2. The maximum atomic E-state index is 12.7. The maximum Gasteiger partial charge on any atom is 0.261 e. The largest absolute Gasteiger partial charge is 0.497 e. The number of likely N-dealkylation sites (tertiary alicyclic amines) is 1. The van der Waals surface area contributed by atoms with Crippen LogP contribution in [0.25, 0.3) is 11.1 Å². The zero-order chi connectivity index (χ0) is 19.4. The lowest BCUT2D eigenvalue weighted by Gasteiger charge is -2.31. The van der Waals surface area contributed by atoms with E-state index in [2.05, 4.69) is 5.32 Å². The van der Waals surface area contributed by atoms with Crippen molar-refractivity contribution in [3.05, 3.63) is 40.1 Å². The summed E-state index contributed by atoms with van der Waals surface area (Å²) < 4.78 is 5.20. The third-order valence-corrected chi connectivity index (χ3v) is 5.89. The lowest BCUT2D eigenvalue weighted by atomic mass is 10.0. The first-order valence-electron chi connectivity index (χ1n) is 9.02. The minimum Gasteiger partial charge on any atom is -0.497 e. The molecule has 0 bridgehead atoms. The molecule has 2 aromatic rings. The first-order chi connectivity index (χ1) is 13.0. The van der Waals surface area contributed by atoms with Gasteiger partial charge in [-0.2, -0.15) is 0 Å². The van der Waals surface area contributed by atoms with Gasteiger partial charge >= 0.3 is 0 Å². The van der Waals surface area contributed by atoms with Gasteiger partial charge < -0.3 is 15.8 Å². The van der Waals surface area contributed by atoms with E-state index in [1.165, 1.54) is 11.3 Å². The Balaban J connectivity index is 1.62. The van der Waals surface area contributed by atoms with Gasteiger partial charge in [0, 0.05) is 24.0 Å². The molecule has 0 unspecified atom stereocenters. The molecule has 1 fully saturated rings. The first-order valence-corrected chi connectivity index (χ1v) is 9.84. The van der Waals surface area contributed by atoms with E-state index in [-0.39, 0.29) is 24.4 Å². The summed E-state index contributed by atoms with van der Waals surface area (Å²) in [6.07, 6.45) is 1.66. The van der Waals surface area contributed by atoms with Crippen molar-refractivity contribution in [2.45, 2.75) is 25.8 Å². The van der Waals surface area contributed by atoms with Gasteiger partial charge in [0.2, 0.25) is 5.91 Å². The average molecular weight is 388 g/mol. The average Bonchev–Trinajstić information content (AvgIpc) is 3.05. The standard InChI is InChI=1S/C20H25N3O3S/c1-13-17(14-3-5-16(26-2)6-4-14)11-18(27-13)20(25)22-15-7-9-23(10-8-15)12-19(21)24/h3-6,11,15H,7-10,12H2,1-2H3,(H2,21,24)(H,22,25). The van der Waals surface area contributed by atoms with Crippen LogP contribution in [0.2, 0.25) is 0 Å². The SMILES string of the molecule is COc1ccc(-c2cc(C(=O)NC3CCN(CC(N)=O)CC3)sc2C)cc1. The molecular weight excluding hydrogens is 362 g/mol. The molecule has 1 saturated heterocycles. The monoisotopic (exact) mass is 387 g/mol. The number of primary amides is 1. The number of carbonyl (C=O) groups is 2. The number of hydrogen-bond donors (Lipinski definition) is 2. The third-order valence-electron chi connectivity index (χ3n) is 4.84. The lowest BCUT2D eigenvalue weighted by molar-refractivity contribution is -0.119. The molecule has 0 spiro atoms. The number of nitrogens with zero attached hydrogens (tertiary/aromatic N) is 1. The molecule has 0 saturated carbocycles. The molecule has 0 aliphatic carbocycles. The van der Waals surface area contributed by atoms with Crippen LogP contribution in [0.5, 0.6) is 5.75 Å². The van der Waals surface area contributed by atoms with Crippen molar-refractivity contribution >= 4 is 23.2 Å². The van der Waals surface area contributed by atoms with Crippen LogP contribution < -0.4 is 15.8 Å². The zero-order valence-electron chi connectivity index (χ0n) is 15.7. The van der Waals surface area contributed by atoms with Gasteiger partial charge in [0.25, 0.3) is 5.91 Å². The highest BCUT2D eigenvalue weighted by molar-refractivity contribution is 7.14. The molecule has 0 radical (unpaired) electrons. The fraction of sp³-hybridized carbons (Fsp3) is 0.400. The Morgan fingerprint density at radius 2 is 1.93 bits per heavy atom. The molecule has 1 aliphatic rings. The quantitative estimate of drug-likeness (QED) is 0.797. The van der Waals surface area contributed by atoms with Gasteiger partial charge in [-0.3, -0.25) is 14.5 Å². The molecule has 27 heavy (non-hydrogen) atoms. The Hall–Kier alpha value is -2.38. The normalized spacial score (nSPS) is 15.5. The van der Waals surface area contributed by atoms with E-state index in [0.717, 1.165) is 52.6 Å². The number of piperidine rings is 1. The summed E-state index contributed by atoms with van der Waals surface area (Å²) in [5, 5.41) is 3.13. The summed E-state index contributed by atoms with van der Waals surface area (Å²) in [6.45, 7) is 3.86. The highest BCUT2D eigenvalue weighted by Gasteiger charge is 2.23. The van der Waals surface area contributed by atoms with Crippen LogP contribution in [0.3, 0.4) is 0 Å². The van der Waals surface area contributed by atoms with E-state index in [0.29, 0.717) is 0 Å². The number of ether oxygens (including phenoxy) is 1. The topological polar surface area (TPSA) is 84.7 Å². The van der Waals surface area contributed by atoms with Crippen LogP contribution in [0.4, 0.5) is 0 Å². The van der Waals surface area contributed by atoms with Crippen molar-refractivity contribution in [1.29, 1.82) is 0 Å². The second-order valence-electron chi connectivity index (χ2n) is 6.80. The molecule has 3 rings (SSSR count). The number of nitrogens with one attached hydrogen (secondary N) is 1. The Morgan fingerprint density at radius 3 is 2.52 bits per heavy atom. The summed E-state index contributed by atoms with van der Waals surface area (Å²) in [5.74, 6) is 0.473. The van der Waals surface area contributed by atoms with Gasteiger partial charge in [0.1, 0.15) is 5.75 Å². The fourth-order valence-electron chi connectivity index (χ4n) is 3.36. The Labute approximate surface area is 163 Å². The van der Waals surface area contributed by atoms with E-state index >= 15 is 0 Å². The number of hydrogen-bond acceptors (Lipinski definition) is 5. The summed E-state index contributed by atoms with van der Waals surface area (Å²) in [6, 6.07) is 9.94. The molecule has 1 aromatic carbocycles. The van der Waals surface area contributed by atoms with Crippen LogP contribution in [-0.2, 0) is 4.79 Å². The maximum absolute atomic E-state index is 12.7. The van der Waals surface area contributed by atoms with Gasteiger partial charge in [-0.1, -0.05) is 12.1 Å². The summed E-state index contributed by atoms with van der Waals surface area (Å²) >= 11 is 1.51. The van der Waals surface area contributed by atoms with Crippen LogP contribution in [-0.4, -0.2) is 49.5 Å². The number of amides is 2. The molecule has 2 amide bonds. The van der Waals surface area contributed by atoms with Gasteiger partial charge in [0.15, 0.2) is 0 Å². The van der Waals surface area contributed by atoms with Crippen LogP contribution >= 0.6 is 11.3 Å². The smallest absolute Gasteiger partial charge is 0.261 e. The van der Waals surface area contributed by atoms with Gasteiger partial charge in [0.05, 0.1) is 18.5 Å². The fourth-order valence-corrected chi connectivity index (χ4v) is 4.31. The first kappa shape index (κ1) is 19.4. The molecule has 2 heterocycles. The second kappa shape index (κ2) is 8.54. The summed E-state index contributed by atoms with van der Waals surface area (Å²) in [5.41, 5.74) is 7.39. The zero-order valence-corrected chi connectivity index (χ0v) is 16.5. The Bertz CT molecular complexity index is 808. The highest BCUT2D eigenvalue weighted by atomic mass is 32.1. The molecule has 1 aromatic heterocycles. The van der Waals surface area contributed by atoms with Crippen molar-refractivity contribution in [2.24, 2.45) is 5.73 Å². The number of aryl methyl sites for hydroxylation is 1. The number of thiophene rings is 1. The van der Waals surface area contributed by atoms with Crippen molar-refractivity contribution in [2.75, 3.05) is 26.7 Å². The minimum absolute atomic E-state index is 0.0313. The van der Waals surface area contributed by atoms with Crippen molar-refractivity contribution in [1.82, 2.24) is 10.2 Å². The number of methoxy groups -OCH3 is 1. The highest BCUT2D eigenvalue weighted by Crippen LogP contribution is 2.32. The van der Waals surface area contributed by atoms with Crippen LogP contribution in [0, 0.1) is 6.92 Å². The second-order valence-corrected chi connectivity index (χ2v) is 8.06. The van der Waals surface area contributed by atoms with Crippen molar-refractivity contribution in [3.63, 3.8) is 0 Å². The Kier molecular flexibility index (Phi) is 6.13. The predicted octanol–water partition coefficient (Wildman–Crippen LogP) is 2.41. The molecule has 6 nitrogen and oxygen atoms in total. The van der Waals surface area contributed by atoms with Gasteiger partial charge in [-0.15, -0.1) is 11.3 Å². The van der Waals surface area contributed by atoms with Crippen LogP contribution in [0.15, 0.2) is 30.3 Å². The molecule has 0 atom stereocenters. The summed E-state index contributed by atoms with van der Waals surface area (Å²) in [4.78, 5) is 27.5. The molecular formula is C20H25N3O3S. The van der Waals surface area contributed by atoms with Crippen molar-refractivity contribution in [3.8, 4) is 16.9 Å². The third kappa shape index (κ3) is 4.87.